The first kappa shape index (κ1) is 27.3. The van der Waals surface area contributed by atoms with Crippen LogP contribution in [0, 0.1) is 10.1 Å². The molecule has 0 aromatic heterocycles. The normalized spacial score (nSPS) is 13.3. The second-order valence-corrected chi connectivity index (χ2v) is 9.85. The van der Waals surface area contributed by atoms with E-state index in [2.05, 4.69) is 0 Å². The second kappa shape index (κ2) is 9.75. The van der Waals surface area contributed by atoms with Gasteiger partial charge in [-0.1, -0.05) is 11.6 Å². The van der Waals surface area contributed by atoms with Crippen LogP contribution in [0.5, 0.6) is 5.75 Å². The first-order valence-electron chi connectivity index (χ1n) is 8.25. The van der Waals surface area contributed by atoms with E-state index in [9.17, 15) is 53.9 Å². The number of sulfone groups is 1. The Morgan fingerprint density at radius 2 is 1.74 bits per heavy atom. The van der Waals surface area contributed by atoms with Crippen molar-refractivity contribution in [3.8, 4) is 5.75 Å². The lowest BCUT2D eigenvalue weighted by atomic mass is 10.3. The highest BCUT2D eigenvalue weighted by molar-refractivity contribution is 7.92. The van der Waals surface area contributed by atoms with E-state index in [0.717, 1.165) is 6.07 Å². The minimum Gasteiger partial charge on any atom is -0.477 e. The Labute approximate surface area is 193 Å². The van der Waals surface area contributed by atoms with Crippen molar-refractivity contribution in [1.29, 1.82) is 0 Å². The average molecular weight is 555 g/mol. The zero-order valence-corrected chi connectivity index (χ0v) is 18.3. The standard InChI is InChI=1S/C16H9ClF6N2O7S2/c17-10-3-2-9(34(30,31)16(21,22)23)6-11(10)24-14(26)7-32-13-4-1-8(5-12(13)25(27)28)33(29)15(18,19)20/h1-6H,7H2,(H,24,26). The van der Waals surface area contributed by atoms with Gasteiger partial charge in [0, 0.05) is 6.07 Å². The van der Waals surface area contributed by atoms with Crippen LogP contribution in [0.25, 0.3) is 0 Å². The van der Waals surface area contributed by atoms with Crippen LogP contribution in [-0.2, 0) is 25.4 Å². The Kier molecular flexibility index (Phi) is 7.84. The van der Waals surface area contributed by atoms with Crippen molar-refractivity contribution in [3.63, 3.8) is 0 Å². The van der Waals surface area contributed by atoms with Crippen molar-refractivity contribution in [3.05, 3.63) is 51.5 Å². The van der Waals surface area contributed by atoms with Crippen molar-refractivity contribution in [2.24, 2.45) is 0 Å². The van der Waals surface area contributed by atoms with Crippen molar-refractivity contribution >= 4 is 49.5 Å². The lowest BCUT2D eigenvalue weighted by molar-refractivity contribution is -0.386. The SMILES string of the molecule is O=C(COc1ccc(S(=O)C(F)(F)F)cc1[N+](=O)[O-])Nc1cc(S(=O)(=O)C(F)(F)F)ccc1Cl. The molecule has 0 aliphatic heterocycles. The Balaban J connectivity index is 2.22. The third-order valence-electron chi connectivity index (χ3n) is 3.74. The van der Waals surface area contributed by atoms with Crippen LogP contribution in [0.3, 0.4) is 0 Å². The Hall–Kier alpha value is -2.92. The summed E-state index contributed by atoms with van der Waals surface area (Å²) in [6, 6.07) is 3.35. The number of rotatable bonds is 7. The third kappa shape index (κ3) is 6.15. The molecular weight excluding hydrogens is 546 g/mol. The van der Waals surface area contributed by atoms with Crippen LogP contribution in [0.1, 0.15) is 0 Å². The van der Waals surface area contributed by atoms with Crippen molar-refractivity contribution in [1.82, 2.24) is 0 Å². The van der Waals surface area contributed by atoms with Gasteiger partial charge in [0.1, 0.15) is 0 Å². The summed E-state index contributed by atoms with van der Waals surface area (Å²) in [5.41, 5.74) is -12.4. The van der Waals surface area contributed by atoms with E-state index >= 15 is 0 Å². The van der Waals surface area contributed by atoms with Gasteiger partial charge in [-0.15, -0.1) is 0 Å². The number of hydrogen-bond donors (Lipinski definition) is 1. The summed E-state index contributed by atoms with van der Waals surface area (Å²) < 4.78 is 115. The fraction of sp³-hybridized carbons (Fsp3) is 0.188. The molecule has 1 N–H and O–H groups in total. The number of carbonyl (C=O) groups is 1. The maximum atomic E-state index is 12.7. The highest BCUT2D eigenvalue weighted by atomic mass is 35.5. The van der Waals surface area contributed by atoms with Gasteiger partial charge in [-0.3, -0.25) is 14.9 Å². The maximum Gasteiger partial charge on any atom is 0.501 e. The average Bonchev–Trinajstić information content (AvgIpc) is 2.71. The molecule has 186 valence electrons. The van der Waals surface area contributed by atoms with Crippen LogP contribution in [-0.4, -0.2) is 41.1 Å². The summed E-state index contributed by atoms with van der Waals surface area (Å²) in [4.78, 5) is 19.8. The molecule has 1 atom stereocenters. The van der Waals surface area contributed by atoms with Crippen molar-refractivity contribution in [2.75, 3.05) is 11.9 Å². The van der Waals surface area contributed by atoms with Crippen molar-refractivity contribution in [2.45, 2.75) is 20.8 Å². The smallest absolute Gasteiger partial charge is 0.477 e. The van der Waals surface area contributed by atoms with Crippen LogP contribution >= 0.6 is 11.6 Å². The molecule has 9 nitrogen and oxygen atoms in total. The number of amides is 1. The first-order valence-corrected chi connectivity index (χ1v) is 11.3. The number of nitro groups is 1. The molecule has 0 aliphatic carbocycles. The number of benzene rings is 2. The summed E-state index contributed by atoms with van der Waals surface area (Å²) in [6.07, 6.45) is 0. The zero-order valence-electron chi connectivity index (χ0n) is 15.9. The van der Waals surface area contributed by atoms with Gasteiger partial charge in [-0.25, -0.2) is 12.6 Å². The van der Waals surface area contributed by atoms with Gasteiger partial charge < -0.3 is 10.1 Å². The first-order chi connectivity index (χ1) is 15.4. The Morgan fingerprint density at radius 3 is 2.26 bits per heavy atom. The van der Waals surface area contributed by atoms with E-state index in [-0.39, 0.29) is 5.02 Å². The lowest BCUT2D eigenvalue weighted by Gasteiger charge is -2.12. The highest BCUT2D eigenvalue weighted by Gasteiger charge is 2.47. The summed E-state index contributed by atoms with van der Waals surface area (Å²) >= 11 is 5.73. The molecule has 1 unspecified atom stereocenters. The van der Waals surface area contributed by atoms with Crippen LogP contribution in [0.4, 0.5) is 37.7 Å². The molecule has 2 aromatic rings. The topological polar surface area (TPSA) is 133 Å². The molecule has 0 radical (unpaired) electrons. The molecule has 1 amide bonds. The third-order valence-corrected chi connectivity index (χ3v) is 6.65. The summed E-state index contributed by atoms with van der Waals surface area (Å²) in [5.74, 6) is -1.86. The molecule has 0 saturated carbocycles. The largest absolute Gasteiger partial charge is 0.501 e. The second-order valence-electron chi connectivity index (χ2n) is 6.03. The van der Waals surface area contributed by atoms with E-state index in [1.54, 1.807) is 0 Å². The minimum absolute atomic E-state index is 0.333. The highest BCUT2D eigenvalue weighted by Crippen LogP contribution is 2.35. The molecule has 2 aromatic carbocycles. The number of nitrogens with one attached hydrogen (secondary N) is 1. The molecule has 0 bridgehead atoms. The van der Waals surface area contributed by atoms with Crippen LogP contribution in [0.15, 0.2) is 46.2 Å². The number of nitro benzene ring substituents is 1. The molecule has 0 aliphatic rings. The quantitative estimate of drug-likeness (QED) is 0.308. The van der Waals surface area contributed by atoms with Gasteiger partial charge in [0.15, 0.2) is 23.2 Å². The number of hydrogen-bond acceptors (Lipinski definition) is 7. The van der Waals surface area contributed by atoms with Crippen molar-refractivity contribution < 1.29 is 53.4 Å². The van der Waals surface area contributed by atoms with Crippen LogP contribution < -0.4 is 10.1 Å². The van der Waals surface area contributed by atoms with Gasteiger partial charge in [0.25, 0.3) is 15.7 Å². The molecule has 2 rings (SSSR count). The van der Waals surface area contributed by atoms with E-state index in [4.69, 9.17) is 16.3 Å². The fourth-order valence-electron chi connectivity index (χ4n) is 2.24. The molecule has 0 heterocycles. The molecule has 0 spiro atoms. The number of carbonyl (C=O) groups excluding carboxylic acids is 1. The predicted octanol–water partition coefficient (Wildman–Crippen LogP) is 4.19. The Morgan fingerprint density at radius 1 is 1.12 bits per heavy atom. The molecule has 34 heavy (non-hydrogen) atoms. The van der Waals surface area contributed by atoms with Gasteiger partial charge in [0.2, 0.25) is 0 Å². The Bertz CT molecular complexity index is 1270. The fourth-order valence-corrected chi connectivity index (χ4v) is 3.87. The monoisotopic (exact) mass is 554 g/mol. The molecular formula is C16H9ClF6N2O7S2. The van der Waals surface area contributed by atoms with Gasteiger partial charge in [-0.05, 0) is 30.3 Å². The zero-order chi connectivity index (χ0) is 26.1. The summed E-state index contributed by atoms with van der Waals surface area (Å²) in [6.45, 7) is -1.05. The number of ether oxygens (including phenoxy) is 1. The minimum atomic E-state index is -5.76. The van der Waals surface area contributed by atoms with E-state index in [1.165, 1.54) is 0 Å². The number of nitrogens with zero attached hydrogens (tertiary/aromatic N) is 1. The molecule has 18 heteroatoms. The molecule has 0 fully saturated rings. The maximum absolute atomic E-state index is 12.7. The predicted molar refractivity (Wildman–Crippen MR) is 104 cm³/mol. The van der Waals surface area contributed by atoms with Gasteiger partial charge in [-0.2, -0.15) is 26.3 Å². The summed E-state index contributed by atoms with van der Waals surface area (Å²) in [7, 11) is -9.34. The number of alkyl halides is 6. The van der Waals surface area contributed by atoms with E-state index < -0.39 is 76.0 Å². The van der Waals surface area contributed by atoms with Gasteiger partial charge in [0.05, 0.1) is 25.4 Å². The van der Waals surface area contributed by atoms with E-state index in [0.29, 0.717) is 30.3 Å². The lowest BCUT2D eigenvalue weighted by Crippen LogP contribution is -2.24. The van der Waals surface area contributed by atoms with E-state index in [1.807, 2.05) is 5.32 Å². The van der Waals surface area contributed by atoms with Gasteiger partial charge >= 0.3 is 16.7 Å². The molecule has 0 saturated heterocycles. The number of anilines is 1. The van der Waals surface area contributed by atoms with Crippen LogP contribution in [0.2, 0.25) is 5.02 Å². The summed E-state index contributed by atoms with van der Waals surface area (Å²) in [5, 5.41) is 12.7. The number of halogens is 7.